The third-order valence-electron chi connectivity index (χ3n) is 2.16. The van der Waals surface area contributed by atoms with E-state index in [4.69, 9.17) is 0 Å². The molecular formula is C11H14INO. The van der Waals surface area contributed by atoms with Crippen LogP contribution in [0.4, 0.5) is 10.5 Å². The van der Waals surface area contributed by atoms with E-state index in [1.807, 2.05) is 19.1 Å². The molecule has 0 aliphatic rings. The quantitative estimate of drug-likeness (QED) is 0.498. The summed E-state index contributed by atoms with van der Waals surface area (Å²) in [6.45, 7) is 6.27. The van der Waals surface area contributed by atoms with Crippen molar-refractivity contribution in [3.63, 3.8) is 0 Å². The van der Waals surface area contributed by atoms with Crippen molar-refractivity contribution in [2.45, 2.75) is 26.7 Å². The Morgan fingerprint density at radius 2 is 2.07 bits per heavy atom. The van der Waals surface area contributed by atoms with E-state index in [1.165, 1.54) is 5.56 Å². The molecule has 1 N–H and O–H groups in total. The molecule has 0 unspecified atom stereocenters. The van der Waals surface area contributed by atoms with Crippen LogP contribution in [0, 0.1) is 6.92 Å². The van der Waals surface area contributed by atoms with Gasteiger partial charge in [-0.25, -0.2) is 0 Å². The molecule has 0 radical (unpaired) electrons. The summed E-state index contributed by atoms with van der Waals surface area (Å²) in [5.74, 6) is 0.487. The Hall–Kier alpha value is -0.580. The first kappa shape index (κ1) is 11.5. The summed E-state index contributed by atoms with van der Waals surface area (Å²) in [5.41, 5.74) is 3.26. The number of aryl methyl sites for hydroxylation is 1. The Labute approximate surface area is 98.2 Å². The first-order valence-corrected chi connectivity index (χ1v) is 5.65. The van der Waals surface area contributed by atoms with Crippen molar-refractivity contribution < 1.29 is 4.79 Å². The van der Waals surface area contributed by atoms with Gasteiger partial charge in [-0.15, -0.1) is 0 Å². The molecule has 1 amide bonds. The summed E-state index contributed by atoms with van der Waals surface area (Å²) in [6.07, 6.45) is 0. The summed E-state index contributed by atoms with van der Waals surface area (Å²) in [7, 11) is 0. The van der Waals surface area contributed by atoms with E-state index in [1.54, 1.807) is 22.6 Å². The number of nitrogens with one attached hydrogen (secondary N) is 1. The minimum Gasteiger partial charge on any atom is -0.317 e. The molecule has 14 heavy (non-hydrogen) atoms. The van der Waals surface area contributed by atoms with E-state index in [0.29, 0.717) is 5.92 Å². The average molecular weight is 303 g/mol. The number of halogens is 1. The molecule has 1 aromatic carbocycles. The molecule has 3 heteroatoms. The van der Waals surface area contributed by atoms with Crippen LogP contribution < -0.4 is 5.32 Å². The van der Waals surface area contributed by atoms with Crippen molar-refractivity contribution in [3.05, 3.63) is 29.3 Å². The van der Waals surface area contributed by atoms with Gasteiger partial charge >= 0.3 is 0 Å². The molecule has 0 aliphatic heterocycles. The smallest absolute Gasteiger partial charge is 0.284 e. The van der Waals surface area contributed by atoms with E-state index >= 15 is 0 Å². The highest BCUT2D eigenvalue weighted by atomic mass is 127. The minimum atomic E-state index is -0.0494. The van der Waals surface area contributed by atoms with E-state index in [2.05, 4.69) is 25.2 Å². The molecule has 1 rings (SSSR count). The fourth-order valence-corrected chi connectivity index (χ4v) is 1.53. The van der Waals surface area contributed by atoms with E-state index in [9.17, 15) is 4.79 Å². The second-order valence-electron chi connectivity index (χ2n) is 3.63. The van der Waals surface area contributed by atoms with Crippen molar-refractivity contribution in [2.24, 2.45) is 0 Å². The number of rotatable bonds is 2. The molecule has 0 bridgehead atoms. The maximum absolute atomic E-state index is 10.9. The van der Waals surface area contributed by atoms with Gasteiger partial charge in [-0.3, -0.25) is 4.79 Å². The summed E-state index contributed by atoms with van der Waals surface area (Å²) in [5, 5.41) is 2.82. The van der Waals surface area contributed by atoms with Crippen LogP contribution in [0.1, 0.15) is 30.9 Å². The van der Waals surface area contributed by atoms with Crippen molar-refractivity contribution in [1.29, 1.82) is 0 Å². The first-order valence-electron chi connectivity index (χ1n) is 4.57. The number of carbonyl (C=O) groups excluding carboxylic acids is 1. The summed E-state index contributed by atoms with van der Waals surface area (Å²) < 4.78 is -0.0494. The Bertz CT molecular complexity index is 347. The third kappa shape index (κ3) is 2.97. The molecule has 0 aromatic heterocycles. The Morgan fingerprint density at radius 1 is 1.43 bits per heavy atom. The third-order valence-corrected chi connectivity index (χ3v) is 2.43. The molecule has 0 heterocycles. The number of benzene rings is 1. The second kappa shape index (κ2) is 4.77. The summed E-state index contributed by atoms with van der Waals surface area (Å²) >= 11 is 1.74. The lowest BCUT2D eigenvalue weighted by molar-refractivity contribution is 0.271. The molecule has 2 nitrogen and oxygen atoms in total. The minimum absolute atomic E-state index is 0.0494. The second-order valence-corrected chi connectivity index (χ2v) is 4.61. The van der Waals surface area contributed by atoms with Crippen LogP contribution in [0.3, 0.4) is 0 Å². The van der Waals surface area contributed by atoms with Gasteiger partial charge in [-0.2, -0.15) is 0 Å². The molecule has 1 aromatic rings. The topological polar surface area (TPSA) is 29.1 Å². The van der Waals surface area contributed by atoms with Crippen molar-refractivity contribution in [1.82, 2.24) is 0 Å². The van der Waals surface area contributed by atoms with E-state index < -0.39 is 0 Å². The maximum Gasteiger partial charge on any atom is 0.284 e. The van der Waals surface area contributed by atoms with Gasteiger partial charge in [0.1, 0.15) is 0 Å². The van der Waals surface area contributed by atoms with Gasteiger partial charge in [-0.1, -0.05) is 26.0 Å². The lowest BCUT2D eigenvalue weighted by Crippen LogP contribution is -2.03. The van der Waals surface area contributed by atoms with Gasteiger partial charge in [-0.05, 0) is 30.0 Å². The molecule has 76 valence electrons. The van der Waals surface area contributed by atoms with Crippen molar-refractivity contribution in [3.8, 4) is 0 Å². The predicted octanol–water partition coefficient (Wildman–Crippen LogP) is 4.09. The van der Waals surface area contributed by atoms with E-state index in [-0.39, 0.29) is 3.91 Å². The molecule has 0 fully saturated rings. The standard InChI is InChI=1S/C11H14INO/c1-7(2)9-5-4-8(3)10(6-9)13-11(12)14/h4-7H,1-3H3,(H,13,14). The Kier molecular flexibility index (Phi) is 3.92. The molecule has 0 aliphatic carbocycles. The van der Waals surface area contributed by atoms with Crippen molar-refractivity contribution in [2.75, 3.05) is 5.32 Å². The van der Waals surface area contributed by atoms with Crippen LogP contribution >= 0.6 is 22.6 Å². The first-order chi connectivity index (χ1) is 6.50. The van der Waals surface area contributed by atoms with Gasteiger partial charge < -0.3 is 5.32 Å². The van der Waals surface area contributed by atoms with Crippen LogP contribution in [0.5, 0.6) is 0 Å². The SMILES string of the molecule is Cc1ccc(C(C)C)cc1NC(=O)I. The molecule has 0 atom stereocenters. The number of hydrogen-bond donors (Lipinski definition) is 1. The number of anilines is 1. The Morgan fingerprint density at radius 3 is 2.57 bits per heavy atom. The molecular weight excluding hydrogens is 289 g/mol. The zero-order chi connectivity index (χ0) is 10.7. The van der Waals surface area contributed by atoms with Gasteiger partial charge in [0.15, 0.2) is 0 Å². The molecule has 0 saturated carbocycles. The summed E-state index contributed by atoms with van der Waals surface area (Å²) in [6, 6.07) is 6.18. The average Bonchev–Trinajstić information content (AvgIpc) is 2.07. The molecule has 0 saturated heterocycles. The largest absolute Gasteiger partial charge is 0.317 e. The highest BCUT2D eigenvalue weighted by molar-refractivity contribution is 14.1. The monoisotopic (exact) mass is 303 g/mol. The van der Waals surface area contributed by atoms with Crippen LogP contribution in [-0.4, -0.2) is 3.91 Å². The number of carbonyl (C=O) groups is 1. The molecule has 0 spiro atoms. The maximum atomic E-state index is 10.9. The van der Waals surface area contributed by atoms with Gasteiger partial charge in [0.25, 0.3) is 3.91 Å². The highest BCUT2D eigenvalue weighted by Crippen LogP contribution is 2.22. The lowest BCUT2D eigenvalue weighted by atomic mass is 10.0. The highest BCUT2D eigenvalue weighted by Gasteiger charge is 2.04. The zero-order valence-electron chi connectivity index (χ0n) is 8.60. The van der Waals surface area contributed by atoms with Crippen LogP contribution in [-0.2, 0) is 0 Å². The summed E-state index contributed by atoms with van der Waals surface area (Å²) in [4.78, 5) is 10.9. The van der Waals surface area contributed by atoms with Crippen LogP contribution in [0.15, 0.2) is 18.2 Å². The lowest BCUT2D eigenvalue weighted by Gasteiger charge is -2.10. The fraction of sp³-hybridized carbons (Fsp3) is 0.364. The van der Waals surface area contributed by atoms with Gasteiger partial charge in [0.05, 0.1) is 0 Å². The van der Waals surface area contributed by atoms with Gasteiger partial charge in [0, 0.05) is 28.3 Å². The van der Waals surface area contributed by atoms with Crippen molar-refractivity contribution >= 4 is 32.2 Å². The normalized spacial score (nSPS) is 10.4. The number of amides is 1. The fourth-order valence-electron chi connectivity index (χ4n) is 1.24. The zero-order valence-corrected chi connectivity index (χ0v) is 10.8. The van der Waals surface area contributed by atoms with Crippen LogP contribution in [0.25, 0.3) is 0 Å². The van der Waals surface area contributed by atoms with E-state index in [0.717, 1.165) is 11.3 Å². The van der Waals surface area contributed by atoms with Gasteiger partial charge in [0.2, 0.25) is 0 Å². The predicted molar refractivity (Wildman–Crippen MR) is 68.3 cm³/mol. The number of hydrogen-bond acceptors (Lipinski definition) is 1. The Balaban J connectivity index is 3.02. The van der Waals surface area contributed by atoms with Crippen LogP contribution in [0.2, 0.25) is 0 Å².